The second-order valence-electron chi connectivity index (χ2n) is 8.49. The lowest BCUT2D eigenvalue weighted by molar-refractivity contribution is -0.123. The number of aryl methyl sites for hydroxylation is 1. The summed E-state index contributed by atoms with van der Waals surface area (Å²) in [6.45, 7) is 6.90. The van der Waals surface area contributed by atoms with Crippen LogP contribution in [0.25, 0.3) is 10.9 Å². The zero-order chi connectivity index (χ0) is 23.2. The molecule has 1 N–H and O–H groups in total. The Labute approximate surface area is 194 Å². The number of fused-ring (bicyclic) bond motifs is 1. The summed E-state index contributed by atoms with van der Waals surface area (Å²) >= 11 is 0. The van der Waals surface area contributed by atoms with Crippen molar-refractivity contribution in [3.8, 4) is 5.75 Å². The molecule has 0 unspecified atom stereocenters. The van der Waals surface area contributed by atoms with E-state index in [4.69, 9.17) is 4.74 Å². The summed E-state index contributed by atoms with van der Waals surface area (Å²) in [7, 11) is 0. The van der Waals surface area contributed by atoms with Crippen molar-refractivity contribution in [2.75, 3.05) is 6.61 Å². The van der Waals surface area contributed by atoms with Crippen LogP contribution in [0.1, 0.15) is 42.0 Å². The van der Waals surface area contributed by atoms with Gasteiger partial charge in [0.15, 0.2) is 6.61 Å². The first-order valence-electron chi connectivity index (χ1n) is 11.2. The monoisotopic (exact) mass is 439 g/mol. The smallest absolute Gasteiger partial charge is 0.277 e. The number of ether oxygens (including phenoxy) is 1. The van der Waals surface area contributed by atoms with E-state index in [1.807, 2.05) is 43.3 Å². The van der Waals surface area contributed by atoms with Crippen LogP contribution in [0.2, 0.25) is 0 Å². The molecule has 0 fully saturated rings. The molecule has 168 valence electrons. The molecule has 5 nitrogen and oxygen atoms in total. The van der Waals surface area contributed by atoms with E-state index in [0.29, 0.717) is 5.92 Å². The molecule has 0 saturated carbocycles. The van der Waals surface area contributed by atoms with Gasteiger partial charge in [-0.05, 0) is 41.7 Å². The predicted octanol–water partition coefficient (Wildman–Crippen LogP) is 5.65. The predicted molar refractivity (Wildman–Crippen MR) is 134 cm³/mol. The van der Waals surface area contributed by atoms with Gasteiger partial charge in [0.05, 0.1) is 6.21 Å². The number of aromatic nitrogens is 1. The van der Waals surface area contributed by atoms with Crippen LogP contribution >= 0.6 is 0 Å². The largest absolute Gasteiger partial charge is 0.483 e. The fraction of sp³-hybridized carbons (Fsp3) is 0.214. The van der Waals surface area contributed by atoms with Crippen molar-refractivity contribution in [1.82, 2.24) is 9.99 Å². The van der Waals surface area contributed by atoms with Gasteiger partial charge in [-0.3, -0.25) is 4.79 Å². The van der Waals surface area contributed by atoms with Crippen molar-refractivity contribution in [1.29, 1.82) is 0 Å². The number of nitrogens with one attached hydrogen (secondary N) is 1. The Morgan fingerprint density at radius 1 is 1.06 bits per heavy atom. The maximum Gasteiger partial charge on any atom is 0.277 e. The van der Waals surface area contributed by atoms with Crippen molar-refractivity contribution in [2.45, 2.75) is 33.2 Å². The molecule has 4 rings (SSSR count). The minimum absolute atomic E-state index is 0.0870. The summed E-state index contributed by atoms with van der Waals surface area (Å²) < 4.78 is 7.99. The lowest BCUT2D eigenvalue weighted by Gasteiger charge is -2.14. The first-order valence-corrected chi connectivity index (χ1v) is 11.2. The summed E-state index contributed by atoms with van der Waals surface area (Å²) in [5.74, 6) is 0.762. The Hall–Kier alpha value is -3.86. The third kappa shape index (κ3) is 5.50. The minimum Gasteiger partial charge on any atom is -0.483 e. The van der Waals surface area contributed by atoms with E-state index in [9.17, 15) is 4.79 Å². The molecule has 0 aliphatic rings. The molecule has 33 heavy (non-hydrogen) atoms. The highest BCUT2D eigenvalue weighted by Gasteiger charge is 2.11. The maximum absolute atomic E-state index is 12.3. The number of nitrogens with zero attached hydrogens (tertiary/aromatic N) is 2. The molecule has 1 amide bonds. The van der Waals surface area contributed by atoms with E-state index in [1.165, 1.54) is 5.56 Å². The first kappa shape index (κ1) is 22.3. The van der Waals surface area contributed by atoms with Gasteiger partial charge in [0.25, 0.3) is 5.91 Å². The number of amides is 1. The van der Waals surface area contributed by atoms with E-state index >= 15 is 0 Å². The number of hydrazone groups is 1. The maximum atomic E-state index is 12.3. The Balaban J connectivity index is 1.43. The second-order valence-corrected chi connectivity index (χ2v) is 8.49. The van der Waals surface area contributed by atoms with Crippen LogP contribution in [0.3, 0.4) is 0 Å². The Bertz CT molecular complexity index is 1270. The number of para-hydroxylation sites is 1. The summed E-state index contributed by atoms with van der Waals surface area (Å²) in [5, 5.41) is 5.27. The van der Waals surface area contributed by atoms with Crippen LogP contribution in [0.4, 0.5) is 0 Å². The molecule has 3 aromatic carbocycles. The fourth-order valence-electron chi connectivity index (χ4n) is 3.88. The highest BCUT2D eigenvalue weighted by molar-refractivity contribution is 5.99. The van der Waals surface area contributed by atoms with Gasteiger partial charge in [-0.2, -0.15) is 5.10 Å². The van der Waals surface area contributed by atoms with Gasteiger partial charge in [-0.1, -0.05) is 74.5 Å². The molecule has 0 atom stereocenters. The van der Waals surface area contributed by atoms with E-state index in [2.05, 4.69) is 71.5 Å². The van der Waals surface area contributed by atoms with Crippen molar-refractivity contribution in [2.24, 2.45) is 5.10 Å². The van der Waals surface area contributed by atoms with Gasteiger partial charge in [0.1, 0.15) is 5.75 Å². The third-order valence-electron chi connectivity index (χ3n) is 5.56. The van der Waals surface area contributed by atoms with Crippen LogP contribution in [0.15, 0.2) is 84.1 Å². The molecule has 0 saturated heterocycles. The van der Waals surface area contributed by atoms with Gasteiger partial charge >= 0.3 is 0 Å². The summed E-state index contributed by atoms with van der Waals surface area (Å²) in [4.78, 5) is 12.3. The molecule has 0 spiro atoms. The van der Waals surface area contributed by atoms with E-state index in [1.54, 1.807) is 6.21 Å². The number of rotatable bonds is 8. The zero-order valence-corrected chi connectivity index (χ0v) is 19.3. The number of carbonyl (C=O) groups is 1. The zero-order valence-electron chi connectivity index (χ0n) is 19.3. The lowest BCUT2D eigenvalue weighted by Crippen LogP contribution is -2.25. The molecular formula is C28H29N3O2. The SMILES string of the molecule is Cc1ccc(C(C)C)c(OCC(=O)N/N=C\c2cn(Cc3ccccc3)c3ccccc23)c1. The summed E-state index contributed by atoms with van der Waals surface area (Å²) in [6, 6.07) is 24.6. The Morgan fingerprint density at radius 3 is 2.61 bits per heavy atom. The third-order valence-corrected chi connectivity index (χ3v) is 5.56. The molecule has 0 bridgehead atoms. The number of hydrogen-bond donors (Lipinski definition) is 1. The average molecular weight is 440 g/mol. The molecular weight excluding hydrogens is 410 g/mol. The van der Waals surface area contributed by atoms with Crippen LogP contribution in [0, 0.1) is 6.92 Å². The van der Waals surface area contributed by atoms with E-state index in [-0.39, 0.29) is 12.5 Å². The fourth-order valence-corrected chi connectivity index (χ4v) is 3.88. The molecule has 0 radical (unpaired) electrons. The van der Waals surface area contributed by atoms with Crippen LogP contribution in [0.5, 0.6) is 5.75 Å². The topological polar surface area (TPSA) is 55.6 Å². The molecule has 1 heterocycles. The molecule has 0 aliphatic carbocycles. The Morgan fingerprint density at radius 2 is 1.82 bits per heavy atom. The van der Waals surface area contributed by atoms with Gasteiger partial charge in [0.2, 0.25) is 0 Å². The molecule has 0 aliphatic heterocycles. The average Bonchev–Trinajstić information content (AvgIpc) is 3.15. The number of carbonyl (C=O) groups excluding carboxylic acids is 1. The van der Waals surface area contributed by atoms with Crippen molar-refractivity contribution in [3.63, 3.8) is 0 Å². The van der Waals surface area contributed by atoms with Crippen LogP contribution in [-0.4, -0.2) is 23.3 Å². The summed E-state index contributed by atoms with van der Waals surface area (Å²) in [5.41, 5.74) is 8.06. The normalized spacial score (nSPS) is 11.4. The molecule has 1 aromatic heterocycles. The van der Waals surface area contributed by atoms with Gasteiger partial charge in [-0.25, -0.2) is 5.43 Å². The van der Waals surface area contributed by atoms with Gasteiger partial charge in [0, 0.05) is 29.2 Å². The quantitative estimate of drug-likeness (QED) is 0.285. The first-order chi connectivity index (χ1) is 16.0. The van der Waals surface area contributed by atoms with Crippen LogP contribution in [-0.2, 0) is 11.3 Å². The molecule has 5 heteroatoms. The number of benzene rings is 3. The van der Waals surface area contributed by atoms with Crippen molar-refractivity contribution in [3.05, 3.63) is 101 Å². The van der Waals surface area contributed by atoms with Crippen molar-refractivity contribution < 1.29 is 9.53 Å². The van der Waals surface area contributed by atoms with Crippen LogP contribution < -0.4 is 10.2 Å². The minimum atomic E-state index is -0.296. The van der Waals surface area contributed by atoms with E-state index < -0.39 is 0 Å². The lowest BCUT2D eigenvalue weighted by atomic mass is 10.0. The van der Waals surface area contributed by atoms with Gasteiger partial charge < -0.3 is 9.30 Å². The van der Waals surface area contributed by atoms with Crippen molar-refractivity contribution >= 4 is 23.0 Å². The Kier molecular flexibility index (Phi) is 6.89. The highest BCUT2D eigenvalue weighted by atomic mass is 16.5. The van der Waals surface area contributed by atoms with Gasteiger partial charge in [-0.15, -0.1) is 0 Å². The summed E-state index contributed by atoms with van der Waals surface area (Å²) in [6.07, 6.45) is 3.75. The highest BCUT2D eigenvalue weighted by Crippen LogP contribution is 2.27. The number of hydrogen-bond acceptors (Lipinski definition) is 3. The molecule has 4 aromatic rings. The standard InChI is InChI=1S/C28H29N3O2/c1-20(2)24-14-13-21(3)15-27(24)33-19-28(32)30-29-16-23-18-31(17-22-9-5-4-6-10-22)26-12-8-7-11-25(23)26/h4-16,18,20H,17,19H2,1-3H3,(H,30,32)/b29-16-. The van der Waals surface area contributed by atoms with E-state index in [0.717, 1.165) is 39.9 Å². The second kappa shape index (κ2) is 10.2.